The van der Waals surface area contributed by atoms with Crippen LogP contribution in [0.5, 0.6) is 5.75 Å². The molecule has 0 saturated carbocycles. The van der Waals surface area contributed by atoms with Crippen LogP contribution in [0.25, 0.3) is 0 Å². The number of hydrogen-bond donors (Lipinski definition) is 0. The largest absolute Gasteiger partial charge is 0.483 e. The van der Waals surface area contributed by atoms with Crippen molar-refractivity contribution in [2.45, 2.75) is 39.7 Å². The van der Waals surface area contributed by atoms with Gasteiger partial charge in [-0.2, -0.15) is 0 Å². The third-order valence-corrected chi connectivity index (χ3v) is 3.48. The summed E-state index contributed by atoms with van der Waals surface area (Å²) in [6.45, 7) is 5.96. The van der Waals surface area contributed by atoms with Crippen molar-refractivity contribution in [2.75, 3.05) is 0 Å². The van der Waals surface area contributed by atoms with Gasteiger partial charge in [-0.3, -0.25) is 4.79 Å². The Morgan fingerprint density at radius 2 is 1.67 bits per heavy atom. The van der Waals surface area contributed by atoms with Crippen molar-refractivity contribution in [1.82, 2.24) is 0 Å². The summed E-state index contributed by atoms with van der Waals surface area (Å²) in [5.74, 6) is 0.746. The maximum atomic E-state index is 12.3. The van der Waals surface area contributed by atoms with Crippen LogP contribution in [0.15, 0.2) is 48.5 Å². The van der Waals surface area contributed by atoms with Crippen LogP contribution in [-0.2, 0) is 6.42 Å². The Bertz CT molecular complexity index is 582. The van der Waals surface area contributed by atoms with Crippen LogP contribution in [0.3, 0.4) is 0 Å². The molecule has 0 aromatic heterocycles. The molecule has 0 N–H and O–H groups in total. The Labute approximate surface area is 126 Å². The van der Waals surface area contributed by atoms with E-state index in [0.29, 0.717) is 5.56 Å². The van der Waals surface area contributed by atoms with Gasteiger partial charge in [-0.1, -0.05) is 55.3 Å². The number of hydrogen-bond acceptors (Lipinski definition) is 2. The lowest BCUT2D eigenvalue weighted by Crippen LogP contribution is -2.23. The minimum absolute atomic E-state index is 0.00707. The fourth-order valence-corrected chi connectivity index (χ4v) is 2.23. The average Bonchev–Trinajstić information content (AvgIpc) is 2.49. The van der Waals surface area contributed by atoms with Gasteiger partial charge in [0.15, 0.2) is 6.10 Å². The quantitative estimate of drug-likeness (QED) is 0.724. The third kappa shape index (κ3) is 4.19. The van der Waals surface area contributed by atoms with Crippen molar-refractivity contribution >= 4 is 5.78 Å². The van der Waals surface area contributed by atoms with Gasteiger partial charge in [0.25, 0.3) is 0 Å². The monoisotopic (exact) mass is 282 g/mol. The van der Waals surface area contributed by atoms with Crippen LogP contribution in [-0.4, -0.2) is 11.9 Å². The van der Waals surface area contributed by atoms with Gasteiger partial charge in [0.1, 0.15) is 5.75 Å². The van der Waals surface area contributed by atoms with Crippen molar-refractivity contribution in [2.24, 2.45) is 0 Å². The number of carbonyl (C=O) groups is 1. The van der Waals surface area contributed by atoms with Crippen LogP contribution in [0.4, 0.5) is 0 Å². The fraction of sp³-hybridized carbons (Fsp3) is 0.316. The Morgan fingerprint density at radius 1 is 1.05 bits per heavy atom. The Hall–Kier alpha value is -2.09. The first kappa shape index (κ1) is 15.3. The number of ether oxygens (including phenoxy) is 1. The molecule has 0 aliphatic heterocycles. The van der Waals surface area contributed by atoms with Crippen LogP contribution in [0.2, 0.25) is 0 Å². The summed E-state index contributed by atoms with van der Waals surface area (Å²) in [6.07, 6.45) is 1.71. The molecule has 110 valence electrons. The van der Waals surface area contributed by atoms with Gasteiger partial charge in [-0.15, -0.1) is 0 Å². The maximum absolute atomic E-state index is 12.3. The second-order valence-corrected chi connectivity index (χ2v) is 5.38. The molecule has 2 nitrogen and oxygen atoms in total. The lowest BCUT2D eigenvalue weighted by molar-refractivity contribution is 0.0818. The molecular weight excluding hydrogens is 260 g/mol. The summed E-state index contributed by atoms with van der Waals surface area (Å²) >= 11 is 0. The topological polar surface area (TPSA) is 26.3 Å². The highest BCUT2D eigenvalue weighted by Gasteiger charge is 2.16. The molecule has 0 aliphatic carbocycles. The highest BCUT2D eigenvalue weighted by Crippen LogP contribution is 2.17. The first-order valence-electron chi connectivity index (χ1n) is 7.46. The van der Waals surface area contributed by atoms with E-state index >= 15 is 0 Å². The first-order valence-corrected chi connectivity index (χ1v) is 7.46. The second-order valence-electron chi connectivity index (χ2n) is 5.38. The Balaban J connectivity index is 2.01. The van der Waals surface area contributed by atoms with E-state index in [1.807, 2.05) is 43.3 Å². The zero-order chi connectivity index (χ0) is 15.2. The zero-order valence-corrected chi connectivity index (χ0v) is 12.9. The van der Waals surface area contributed by atoms with Gasteiger partial charge in [-0.05, 0) is 38.0 Å². The predicted octanol–water partition coefficient (Wildman–Crippen LogP) is 4.60. The number of rotatable bonds is 6. The van der Waals surface area contributed by atoms with Gasteiger partial charge in [0.2, 0.25) is 5.78 Å². The molecule has 0 bridgehead atoms. The normalized spacial score (nSPS) is 12.0. The molecule has 21 heavy (non-hydrogen) atoms. The van der Waals surface area contributed by atoms with E-state index in [-0.39, 0.29) is 5.78 Å². The van der Waals surface area contributed by atoms with Crippen LogP contribution < -0.4 is 4.74 Å². The van der Waals surface area contributed by atoms with E-state index in [4.69, 9.17) is 4.74 Å². The van der Waals surface area contributed by atoms with Crippen molar-refractivity contribution in [1.29, 1.82) is 0 Å². The smallest absolute Gasteiger partial charge is 0.202 e. The van der Waals surface area contributed by atoms with E-state index in [1.165, 1.54) is 5.56 Å². The van der Waals surface area contributed by atoms with Gasteiger partial charge in [0, 0.05) is 5.56 Å². The number of carbonyl (C=O) groups excluding carboxylic acids is 1. The van der Waals surface area contributed by atoms with E-state index in [0.717, 1.165) is 24.2 Å². The minimum atomic E-state index is -0.482. The number of ketones is 1. The molecule has 0 spiro atoms. The Kier molecular flexibility index (Phi) is 5.15. The molecule has 0 fully saturated rings. The molecule has 0 heterocycles. The minimum Gasteiger partial charge on any atom is -0.483 e. The van der Waals surface area contributed by atoms with Crippen molar-refractivity contribution in [3.8, 4) is 5.75 Å². The fourth-order valence-electron chi connectivity index (χ4n) is 2.23. The van der Waals surface area contributed by atoms with E-state index in [1.54, 1.807) is 6.92 Å². The third-order valence-electron chi connectivity index (χ3n) is 3.48. The summed E-state index contributed by atoms with van der Waals surface area (Å²) in [5, 5.41) is 0. The highest BCUT2D eigenvalue weighted by atomic mass is 16.5. The molecule has 1 unspecified atom stereocenters. The van der Waals surface area contributed by atoms with Gasteiger partial charge < -0.3 is 4.74 Å². The van der Waals surface area contributed by atoms with Gasteiger partial charge in [-0.25, -0.2) is 0 Å². The molecule has 0 aliphatic rings. The van der Waals surface area contributed by atoms with E-state index in [2.05, 4.69) is 19.1 Å². The van der Waals surface area contributed by atoms with Crippen LogP contribution in [0, 0.1) is 6.92 Å². The predicted molar refractivity (Wildman–Crippen MR) is 86.0 cm³/mol. The molecule has 2 heteroatoms. The zero-order valence-electron chi connectivity index (χ0n) is 12.9. The standard InChI is InChI=1S/C19H22O2/c1-4-5-16-8-12-18(13-9-16)21-15(3)19(20)17-10-6-14(2)7-11-17/h6-13,15H,4-5H2,1-3H3. The summed E-state index contributed by atoms with van der Waals surface area (Å²) in [4.78, 5) is 12.3. The first-order chi connectivity index (χ1) is 10.1. The van der Waals surface area contributed by atoms with Crippen LogP contribution >= 0.6 is 0 Å². The maximum Gasteiger partial charge on any atom is 0.202 e. The molecule has 0 saturated heterocycles. The molecule has 2 aromatic carbocycles. The molecular formula is C19H22O2. The van der Waals surface area contributed by atoms with Gasteiger partial charge >= 0.3 is 0 Å². The van der Waals surface area contributed by atoms with Crippen molar-refractivity contribution in [3.63, 3.8) is 0 Å². The van der Waals surface area contributed by atoms with E-state index < -0.39 is 6.10 Å². The van der Waals surface area contributed by atoms with Crippen molar-refractivity contribution in [3.05, 3.63) is 65.2 Å². The second kappa shape index (κ2) is 7.07. The molecule has 2 aromatic rings. The lowest BCUT2D eigenvalue weighted by Gasteiger charge is -2.14. The highest BCUT2D eigenvalue weighted by molar-refractivity contribution is 5.99. The van der Waals surface area contributed by atoms with Crippen molar-refractivity contribution < 1.29 is 9.53 Å². The Morgan fingerprint density at radius 3 is 2.24 bits per heavy atom. The summed E-state index contributed by atoms with van der Waals surface area (Å²) < 4.78 is 5.74. The summed E-state index contributed by atoms with van der Waals surface area (Å²) in [6, 6.07) is 15.6. The molecule has 0 amide bonds. The number of aryl methyl sites for hydroxylation is 2. The molecule has 2 rings (SSSR count). The molecule has 1 atom stereocenters. The lowest BCUT2D eigenvalue weighted by atomic mass is 10.1. The number of Topliss-reactive ketones (excluding diaryl/α,β-unsaturated/α-hetero) is 1. The SMILES string of the molecule is CCCc1ccc(OC(C)C(=O)c2ccc(C)cc2)cc1. The average molecular weight is 282 g/mol. The summed E-state index contributed by atoms with van der Waals surface area (Å²) in [7, 11) is 0. The van der Waals surface area contributed by atoms with Gasteiger partial charge in [0.05, 0.1) is 0 Å². The van der Waals surface area contributed by atoms with Crippen LogP contribution in [0.1, 0.15) is 41.8 Å². The molecule has 0 radical (unpaired) electrons. The number of benzene rings is 2. The summed E-state index contributed by atoms with van der Waals surface area (Å²) in [5.41, 5.74) is 3.13. The van der Waals surface area contributed by atoms with E-state index in [9.17, 15) is 4.79 Å².